The smallest absolute Gasteiger partial charge is 0.224 e. The zero-order chi connectivity index (χ0) is 11.1. The molecule has 0 bridgehead atoms. The van der Waals surface area contributed by atoms with E-state index in [0.29, 0.717) is 6.42 Å². The number of allylic oxidation sites excluding steroid dienone is 1. The lowest BCUT2D eigenvalue weighted by Gasteiger charge is -2.04. The van der Waals surface area contributed by atoms with E-state index in [2.05, 4.69) is 34.5 Å². The fourth-order valence-electron chi connectivity index (χ4n) is 1.19. The van der Waals surface area contributed by atoms with Crippen LogP contribution in [0.2, 0.25) is 0 Å². The van der Waals surface area contributed by atoms with Crippen molar-refractivity contribution in [3.05, 3.63) is 40.5 Å². The minimum absolute atomic E-state index is 0.0684. The van der Waals surface area contributed by atoms with Crippen LogP contribution in [-0.4, -0.2) is 5.91 Å². The Labute approximate surface area is 104 Å². The van der Waals surface area contributed by atoms with E-state index in [1.165, 1.54) is 0 Å². The molecule has 1 aromatic carbocycles. The van der Waals surface area contributed by atoms with Crippen LogP contribution in [0.1, 0.15) is 19.3 Å². The van der Waals surface area contributed by atoms with Gasteiger partial charge in [0.25, 0.3) is 0 Å². The van der Waals surface area contributed by atoms with E-state index in [9.17, 15) is 4.79 Å². The SMILES string of the molecule is C=C(I)CCCC(=O)Nc1ccccc1. The summed E-state index contributed by atoms with van der Waals surface area (Å²) in [7, 11) is 0. The van der Waals surface area contributed by atoms with Crippen LogP contribution in [0, 0.1) is 0 Å². The molecule has 0 aliphatic rings. The molecule has 1 aromatic rings. The molecular formula is C12H14INO. The van der Waals surface area contributed by atoms with E-state index in [1.807, 2.05) is 30.3 Å². The molecule has 0 saturated heterocycles. The second-order valence-corrected chi connectivity index (χ2v) is 4.81. The largest absolute Gasteiger partial charge is 0.326 e. The van der Waals surface area contributed by atoms with Gasteiger partial charge in [-0.05, 0) is 51.1 Å². The van der Waals surface area contributed by atoms with Crippen LogP contribution in [-0.2, 0) is 4.79 Å². The maximum Gasteiger partial charge on any atom is 0.224 e. The Kier molecular flexibility index (Phi) is 5.39. The Morgan fingerprint density at radius 3 is 2.53 bits per heavy atom. The summed E-state index contributed by atoms with van der Waals surface area (Å²) in [5.41, 5.74) is 0.857. The number of hydrogen-bond donors (Lipinski definition) is 1. The molecular weight excluding hydrogens is 301 g/mol. The van der Waals surface area contributed by atoms with Crippen molar-refractivity contribution in [3.63, 3.8) is 0 Å². The molecule has 0 spiro atoms. The van der Waals surface area contributed by atoms with E-state index < -0.39 is 0 Å². The number of hydrogen-bond acceptors (Lipinski definition) is 1. The molecule has 3 heteroatoms. The first-order valence-corrected chi connectivity index (χ1v) is 5.94. The average molecular weight is 315 g/mol. The number of rotatable bonds is 5. The number of nitrogens with one attached hydrogen (secondary N) is 1. The molecule has 0 heterocycles. The van der Waals surface area contributed by atoms with Crippen LogP contribution in [0.3, 0.4) is 0 Å². The minimum Gasteiger partial charge on any atom is -0.326 e. The standard InChI is InChI=1S/C12H14INO/c1-10(13)6-5-9-12(15)14-11-7-3-2-4-8-11/h2-4,7-8H,1,5-6,9H2,(H,14,15). The van der Waals surface area contributed by atoms with Gasteiger partial charge in [0.15, 0.2) is 0 Å². The Balaban J connectivity index is 2.28. The third kappa shape index (κ3) is 5.57. The molecule has 1 amide bonds. The first-order valence-electron chi connectivity index (χ1n) is 4.86. The summed E-state index contributed by atoms with van der Waals surface area (Å²) in [6, 6.07) is 9.50. The van der Waals surface area contributed by atoms with Gasteiger partial charge in [0, 0.05) is 12.1 Å². The van der Waals surface area contributed by atoms with Gasteiger partial charge in [-0.3, -0.25) is 4.79 Å². The molecule has 0 aliphatic carbocycles. The fraction of sp³-hybridized carbons (Fsp3) is 0.250. The highest BCUT2D eigenvalue weighted by Crippen LogP contribution is 2.12. The van der Waals surface area contributed by atoms with Gasteiger partial charge >= 0.3 is 0 Å². The molecule has 0 radical (unpaired) electrons. The van der Waals surface area contributed by atoms with E-state index in [0.717, 1.165) is 22.1 Å². The second kappa shape index (κ2) is 6.61. The van der Waals surface area contributed by atoms with E-state index >= 15 is 0 Å². The summed E-state index contributed by atoms with van der Waals surface area (Å²) in [5.74, 6) is 0.0684. The summed E-state index contributed by atoms with van der Waals surface area (Å²) in [4.78, 5) is 11.5. The maximum absolute atomic E-state index is 11.5. The highest BCUT2D eigenvalue weighted by molar-refractivity contribution is 14.1. The van der Waals surface area contributed by atoms with Crippen molar-refractivity contribution in [2.24, 2.45) is 0 Å². The summed E-state index contributed by atoms with van der Waals surface area (Å²) < 4.78 is 1.10. The molecule has 0 unspecified atom stereocenters. The lowest BCUT2D eigenvalue weighted by atomic mass is 10.2. The predicted octanol–water partition coefficient (Wildman–Crippen LogP) is 3.74. The third-order valence-corrected chi connectivity index (χ3v) is 2.45. The average Bonchev–Trinajstić information content (AvgIpc) is 2.18. The highest BCUT2D eigenvalue weighted by atomic mass is 127. The topological polar surface area (TPSA) is 29.1 Å². The van der Waals surface area contributed by atoms with E-state index in [4.69, 9.17) is 0 Å². The van der Waals surface area contributed by atoms with Gasteiger partial charge in [-0.25, -0.2) is 0 Å². The maximum atomic E-state index is 11.5. The van der Waals surface area contributed by atoms with Gasteiger partial charge in [-0.1, -0.05) is 24.8 Å². The van der Waals surface area contributed by atoms with Crippen molar-refractivity contribution in [3.8, 4) is 0 Å². The van der Waals surface area contributed by atoms with Crippen LogP contribution < -0.4 is 5.32 Å². The van der Waals surface area contributed by atoms with Crippen LogP contribution in [0.5, 0.6) is 0 Å². The molecule has 0 aliphatic heterocycles. The molecule has 0 fully saturated rings. The molecule has 1 N–H and O–H groups in total. The number of benzene rings is 1. The molecule has 1 rings (SSSR count). The number of para-hydroxylation sites is 1. The Morgan fingerprint density at radius 2 is 1.93 bits per heavy atom. The van der Waals surface area contributed by atoms with Gasteiger partial charge in [0.1, 0.15) is 0 Å². The van der Waals surface area contributed by atoms with Crippen LogP contribution in [0.4, 0.5) is 5.69 Å². The second-order valence-electron chi connectivity index (χ2n) is 3.29. The number of anilines is 1. The zero-order valence-corrected chi connectivity index (χ0v) is 10.7. The molecule has 0 saturated carbocycles. The fourth-order valence-corrected chi connectivity index (χ4v) is 1.57. The number of carbonyl (C=O) groups is 1. The van der Waals surface area contributed by atoms with E-state index in [1.54, 1.807) is 0 Å². The zero-order valence-electron chi connectivity index (χ0n) is 8.50. The summed E-state index contributed by atoms with van der Waals surface area (Å²) in [6.45, 7) is 3.79. The third-order valence-electron chi connectivity index (χ3n) is 1.91. The van der Waals surface area contributed by atoms with Crippen molar-refractivity contribution in [1.82, 2.24) is 0 Å². The highest BCUT2D eigenvalue weighted by Gasteiger charge is 2.01. The molecule has 80 valence electrons. The minimum atomic E-state index is 0.0684. The van der Waals surface area contributed by atoms with Crippen molar-refractivity contribution in [2.75, 3.05) is 5.32 Å². The monoisotopic (exact) mass is 315 g/mol. The number of amides is 1. The van der Waals surface area contributed by atoms with Crippen molar-refractivity contribution in [1.29, 1.82) is 0 Å². The summed E-state index contributed by atoms with van der Waals surface area (Å²) in [5, 5.41) is 2.84. The van der Waals surface area contributed by atoms with E-state index in [-0.39, 0.29) is 5.91 Å². The number of halogens is 1. The predicted molar refractivity (Wildman–Crippen MR) is 72.1 cm³/mol. The van der Waals surface area contributed by atoms with Crippen LogP contribution in [0.15, 0.2) is 40.5 Å². The molecule has 0 atom stereocenters. The summed E-state index contributed by atoms with van der Waals surface area (Å²) in [6.07, 6.45) is 2.32. The van der Waals surface area contributed by atoms with Crippen LogP contribution >= 0.6 is 22.6 Å². The van der Waals surface area contributed by atoms with Crippen molar-refractivity contribution in [2.45, 2.75) is 19.3 Å². The van der Waals surface area contributed by atoms with Crippen molar-refractivity contribution >= 4 is 34.2 Å². The number of carbonyl (C=O) groups excluding carboxylic acids is 1. The van der Waals surface area contributed by atoms with Gasteiger partial charge < -0.3 is 5.32 Å². The molecule has 0 aromatic heterocycles. The molecule has 15 heavy (non-hydrogen) atoms. The van der Waals surface area contributed by atoms with Gasteiger partial charge in [-0.15, -0.1) is 0 Å². The first-order chi connectivity index (χ1) is 7.18. The Morgan fingerprint density at radius 1 is 1.27 bits per heavy atom. The normalized spacial score (nSPS) is 9.67. The first kappa shape index (κ1) is 12.2. The lowest BCUT2D eigenvalue weighted by Crippen LogP contribution is -2.10. The molecule has 2 nitrogen and oxygen atoms in total. The quantitative estimate of drug-likeness (QED) is 0.824. The van der Waals surface area contributed by atoms with Crippen LogP contribution in [0.25, 0.3) is 0 Å². The van der Waals surface area contributed by atoms with Gasteiger partial charge in [0.05, 0.1) is 0 Å². The van der Waals surface area contributed by atoms with Crippen molar-refractivity contribution < 1.29 is 4.79 Å². The Bertz CT molecular complexity index is 335. The summed E-state index contributed by atoms with van der Waals surface area (Å²) >= 11 is 2.19. The Hall–Kier alpha value is -0.840. The van der Waals surface area contributed by atoms with Gasteiger partial charge in [0.2, 0.25) is 5.91 Å². The van der Waals surface area contributed by atoms with Gasteiger partial charge in [-0.2, -0.15) is 0 Å². The lowest BCUT2D eigenvalue weighted by molar-refractivity contribution is -0.116.